The molecule has 0 spiro atoms. The van der Waals surface area contributed by atoms with Gasteiger partial charge in [0.05, 0.1) is 10.5 Å². The zero-order valence-electron chi connectivity index (χ0n) is 7.71. The van der Waals surface area contributed by atoms with Crippen molar-refractivity contribution < 1.29 is 4.79 Å². The van der Waals surface area contributed by atoms with Crippen LogP contribution in [0.4, 0.5) is 5.82 Å². The lowest BCUT2D eigenvalue weighted by Crippen LogP contribution is -2.24. The number of nitrogens with zero attached hydrogens (tertiary/aromatic N) is 2. The number of Topliss-reactive ketones (excluding diaryl/α,β-unsaturated/α-hetero) is 1. The Morgan fingerprint density at radius 1 is 1.71 bits per heavy atom. The van der Waals surface area contributed by atoms with E-state index in [0.29, 0.717) is 10.3 Å². The van der Waals surface area contributed by atoms with E-state index in [1.165, 1.54) is 13.1 Å². The van der Waals surface area contributed by atoms with Crippen LogP contribution in [0, 0.1) is 0 Å². The van der Waals surface area contributed by atoms with Crippen LogP contribution in [0.25, 0.3) is 0 Å². The number of nitrogens with one attached hydrogen (secondary N) is 1. The standard InChI is InChI=1S/C8H9BrClN3O/c1-4(5(2)14)12-7-6(9)3-11-8(10)13-7/h3-4H,1-2H3,(H,11,12,13)/t4-/m1/s1. The minimum absolute atomic E-state index is 0.0339. The van der Waals surface area contributed by atoms with Gasteiger partial charge in [-0.1, -0.05) is 0 Å². The summed E-state index contributed by atoms with van der Waals surface area (Å²) in [6.07, 6.45) is 1.53. The number of hydrogen-bond donors (Lipinski definition) is 1. The van der Waals surface area contributed by atoms with Crippen LogP contribution in [0.15, 0.2) is 10.7 Å². The topological polar surface area (TPSA) is 54.9 Å². The molecule has 1 aromatic heterocycles. The molecule has 76 valence electrons. The molecule has 0 saturated heterocycles. The van der Waals surface area contributed by atoms with Crippen molar-refractivity contribution in [1.29, 1.82) is 0 Å². The minimum atomic E-state index is -0.294. The van der Waals surface area contributed by atoms with Crippen LogP contribution in [-0.4, -0.2) is 21.8 Å². The SMILES string of the molecule is CC(=O)[C@@H](C)Nc1nc(Cl)ncc1Br. The summed E-state index contributed by atoms with van der Waals surface area (Å²) in [5.41, 5.74) is 0. The van der Waals surface area contributed by atoms with E-state index in [9.17, 15) is 4.79 Å². The fourth-order valence-electron chi connectivity index (χ4n) is 0.754. The number of ketones is 1. The van der Waals surface area contributed by atoms with Crippen molar-refractivity contribution in [2.75, 3.05) is 5.32 Å². The summed E-state index contributed by atoms with van der Waals surface area (Å²) in [7, 11) is 0. The van der Waals surface area contributed by atoms with Crippen LogP contribution in [0.2, 0.25) is 5.28 Å². The first-order chi connectivity index (χ1) is 6.50. The Morgan fingerprint density at radius 2 is 2.36 bits per heavy atom. The van der Waals surface area contributed by atoms with Gasteiger partial charge in [-0.3, -0.25) is 4.79 Å². The third-order valence-corrected chi connectivity index (χ3v) is 2.44. The fraction of sp³-hybridized carbons (Fsp3) is 0.375. The third-order valence-electron chi connectivity index (χ3n) is 1.68. The molecule has 0 amide bonds. The van der Waals surface area contributed by atoms with Gasteiger partial charge in [0.15, 0.2) is 5.78 Å². The van der Waals surface area contributed by atoms with Crippen LogP contribution in [0.5, 0.6) is 0 Å². The molecule has 1 N–H and O–H groups in total. The van der Waals surface area contributed by atoms with E-state index >= 15 is 0 Å². The smallest absolute Gasteiger partial charge is 0.224 e. The van der Waals surface area contributed by atoms with Crippen molar-refractivity contribution in [3.8, 4) is 0 Å². The summed E-state index contributed by atoms with van der Waals surface area (Å²) in [6, 6.07) is -0.294. The molecule has 0 aliphatic carbocycles. The molecule has 0 bridgehead atoms. The number of carbonyl (C=O) groups excluding carboxylic acids is 1. The Labute approximate surface area is 95.2 Å². The summed E-state index contributed by atoms with van der Waals surface area (Å²) in [4.78, 5) is 18.7. The Morgan fingerprint density at radius 3 is 2.93 bits per heavy atom. The van der Waals surface area contributed by atoms with Gasteiger partial charge in [0, 0.05) is 6.20 Å². The van der Waals surface area contributed by atoms with Crippen LogP contribution in [0.3, 0.4) is 0 Å². The highest BCUT2D eigenvalue weighted by Gasteiger charge is 2.10. The zero-order chi connectivity index (χ0) is 10.7. The number of hydrogen-bond acceptors (Lipinski definition) is 4. The molecule has 4 nitrogen and oxygen atoms in total. The van der Waals surface area contributed by atoms with E-state index in [0.717, 1.165) is 0 Å². The van der Waals surface area contributed by atoms with Crippen molar-refractivity contribution in [3.05, 3.63) is 16.0 Å². The monoisotopic (exact) mass is 277 g/mol. The first-order valence-electron chi connectivity index (χ1n) is 3.95. The van der Waals surface area contributed by atoms with Crippen molar-refractivity contribution in [2.24, 2.45) is 0 Å². The van der Waals surface area contributed by atoms with Gasteiger partial charge in [-0.05, 0) is 41.4 Å². The maximum atomic E-state index is 11.0. The average Bonchev–Trinajstić information content (AvgIpc) is 2.11. The van der Waals surface area contributed by atoms with Gasteiger partial charge in [0.2, 0.25) is 5.28 Å². The summed E-state index contributed by atoms with van der Waals surface area (Å²) in [6.45, 7) is 3.26. The maximum absolute atomic E-state index is 11.0. The lowest BCUT2D eigenvalue weighted by atomic mass is 10.2. The third kappa shape index (κ3) is 2.92. The molecule has 0 unspecified atom stereocenters. The Bertz CT molecular complexity index is 358. The lowest BCUT2D eigenvalue weighted by molar-refractivity contribution is -0.117. The molecule has 0 aromatic carbocycles. The highest BCUT2D eigenvalue weighted by Crippen LogP contribution is 2.20. The summed E-state index contributed by atoms with van der Waals surface area (Å²) < 4.78 is 0.676. The van der Waals surface area contributed by atoms with Gasteiger partial charge in [0.25, 0.3) is 0 Å². The second-order valence-corrected chi connectivity index (χ2v) is 4.00. The molecule has 0 saturated carbocycles. The van der Waals surface area contributed by atoms with E-state index in [2.05, 4.69) is 31.2 Å². The molecule has 1 atom stereocenters. The van der Waals surface area contributed by atoms with Crippen LogP contribution >= 0.6 is 27.5 Å². The predicted octanol–water partition coefficient (Wildman–Crippen LogP) is 2.28. The number of anilines is 1. The molecule has 1 aromatic rings. The number of carbonyl (C=O) groups is 1. The Hall–Kier alpha value is -0.680. The van der Waals surface area contributed by atoms with Crippen molar-refractivity contribution >= 4 is 39.1 Å². The van der Waals surface area contributed by atoms with Crippen LogP contribution in [-0.2, 0) is 4.79 Å². The minimum Gasteiger partial charge on any atom is -0.359 e. The normalized spacial score (nSPS) is 12.3. The van der Waals surface area contributed by atoms with Crippen molar-refractivity contribution in [3.63, 3.8) is 0 Å². The molecule has 0 aliphatic heterocycles. The number of rotatable bonds is 3. The van der Waals surface area contributed by atoms with Crippen molar-refractivity contribution in [2.45, 2.75) is 19.9 Å². The second-order valence-electron chi connectivity index (χ2n) is 2.81. The van der Waals surface area contributed by atoms with Crippen molar-refractivity contribution in [1.82, 2.24) is 9.97 Å². The Balaban J connectivity index is 2.85. The Kier molecular flexibility index (Phi) is 3.83. The largest absolute Gasteiger partial charge is 0.359 e. The quantitative estimate of drug-likeness (QED) is 0.862. The molecule has 1 rings (SSSR count). The predicted molar refractivity (Wildman–Crippen MR) is 58.5 cm³/mol. The van der Waals surface area contributed by atoms with E-state index in [1.807, 2.05) is 0 Å². The summed E-state index contributed by atoms with van der Waals surface area (Å²) in [5, 5.41) is 3.06. The molecular formula is C8H9BrClN3O. The van der Waals surface area contributed by atoms with Gasteiger partial charge in [-0.15, -0.1) is 0 Å². The highest BCUT2D eigenvalue weighted by molar-refractivity contribution is 9.10. The van der Waals surface area contributed by atoms with Gasteiger partial charge >= 0.3 is 0 Å². The molecule has 0 fully saturated rings. The molecule has 0 radical (unpaired) electrons. The van der Waals surface area contributed by atoms with Gasteiger partial charge in [-0.2, -0.15) is 4.98 Å². The first kappa shape index (κ1) is 11.4. The number of halogens is 2. The molecule has 6 heteroatoms. The maximum Gasteiger partial charge on any atom is 0.224 e. The summed E-state index contributed by atoms with van der Waals surface area (Å²) >= 11 is 8.86. The average molecular weight is 279 g/mol. The molecule has 1 heterocycles. The van der Waals surface area contributed by atoms with Gasteiger partial charge in [0.1, 0.15) is 5.82 Å². The lowest BCUT2D eigenvalue weighted by Gasteiger charge is -2.11. The number of aromatic nitrogens is 2. The second kappa shape index (κ2) is 4.70. The van der Waals surface area contributed by atoms with E-state index in [-0.39, 0.29) is 17.1 Å². The van der Waals surface area contributed by atoms with E-state index in [4.69, 9.17) is 11.6 Å². The van der Waals surface area contributed by atoms with E-state index < -0.39 is 0 Å². The van der Waals surface area contributed by atoms with Gasteiger partial charge < -0.3 is 5.32 Å². The van der Waals surface area contributed by atoms with Crippen LogP contribution < -0.4 is 5.32 Å². The summed E-state index contributed by atoms with van der Waals surface area (Å²) in [5.74, 6) is 0.555. The van der Waals surface area contributed by atoms with Gasteiger partial charge in [-0.25, -0.2) is 4.98 Å². The fourth-order valence-corrected chi connectivity index (χ4v) is 1.19. The highest BCUT2D eigenvalue weighted by atomic mass is 79.9. The molecule has 0 aliphatic rings. The molecular weight excluding hydrogens is 269 g/mol. The van der Waals surface area contributed by atoms with E-state index in [1.54, 1.807) is 6.92 Å². The van der Waals surface area contributed by atoms with Crippen LogP contribution in [0.1, 0.15) is 13.8 Å². The molecule has 14 heavy (non-hydrogen) atoms. The zero-order valence-corrected chi connectivity index (χ0v) is 10.1. The first-order valence-corrected chi connectivity index (χ1v) is 5.13.